The van der Waals surface area contributed by atoms with E-state index in [1.165, 1.54) is 22.4 Å². The van der Waals surface area contributed by atoms with E-state index in [2.05, 4.69) is 12.0 Å². The normalized spacial score (nSPS) is 10.6. The number of ketones is 1. The minimum Gasteiger partial charge on any atom is -0.453 e. The number of aryl methyl sites for hydroxylation is 2. The van der Waals surface area contributed by atoms with Crippen LogP contribution in [0, 0.1) is 0 Å². The second-order valence-electron chi connectivity index (χ2n) is 6.43. The van der Waals surface area contributed by atoms with Crippen LogP contribution in [0.3, 0.4) is 0 Å². The number of carbonyl (C=O) groups is 2. The zero-order valence-electron chi connectivity index (χ0n) is 15.9. The largest absolute Gasteiger partial charge is 0.453 e. The van der Waals surface area contributed by atoms with Crippen molar-refractivity contribution < 1.29 is 14.3 Å². The number of hydrogen-bond donors (Lipinski definition) is 0. The van der Waals surface area contributed by atoms with Gasteiger partial charge < -0.3 is 4.74 Å². The lowest BCUT2D eigenvalue weighted by Gasteiger charge is -2.07. The molecule has 0 spiro atoms. The third kappa shape index (κ3) is 6.16. The van der Waals surface area contributed by atoms with Crippen molar-refractivity contribution in [3.8, 4) is 0 Å². The van der Waals surface area contributed by atoms with E-state index in [0.29, 0.717) is 12.1 Å². The lowest BCUT2D eigenvalue weighted by molar-refractivity contribution is 0.0466. The summed E-state index contributed by atoms with van der Waals surface area (Å²) in [4.78, 5) is 36.1. The van der Waals surface area contributed by atoms with E-state index in [1.807, 2.05) is 19.1 Å². The zero-order chi connectivity index (χ0) is 19.6. The summed E-state index contributed by atoms with van der Waals surface area (Å²) in [5.74, 6) is -0.988. The number of ether oxygens (including phenoxy) is 1. The molecule has 0 unspecified atom stereocenters. The fourth-order valence-corrected chi connectivity index (χ4v) is 2.55. The fourth-order valence-electron chi connectivity index (χ4n) is 2.55. The van der Waals surface area contributed by atoms with E-state index < -0.39 is 5.97 Å². The van der Waals surface area contributed by atoms with Gasteiger partial charge in [0.15, 0.2) is 18.1 Å². The maximum absolute atomic E-state index is 12.2. The highest BCUT2D eigenvalue weighted by molar-refractivity contribution is 5.99. The van der Waals surface area contributed by atoms with Gasteiger partial charge in [0, 0.05) is 18.2 Å². The predicted molar refractivity (Wildman–Crippen MR) is 103 cm³/mol. The minimum absolute atomic E-state index is 0.0217. The molecule has 0 radical (unpaired) electrons. The molecular weight excluding hydrogens is 344 g/mol. The summed E-state index contributed by atoms with van der Waals surface area (Å²) in [7, 11) is 0. The SMILES string of the molecule is CCCCc1ccc(C(=O)COC(=O)c2ccc(=O)n(CCCC)n2)cc1. The van der Waals surface area contributed by atoms with Crippen molar-refractivity contribution in [1.82, 2.24) is 9.78 Å². The van der Waals surface area contributed by atoms with Gasteiger partial charge in [-0.05, 0) is 30.9 Å². The number of benzene rings is 1. The van der Waals surface area contributed by atoms with Crippen LogP contribution in [0.4, 0.5) is 0 Å². The Hall–Kier alpha value is -2.76. The Bertz CT molecular complexity index is 825. The molecular formula is C21H26N2O4. The molecule has 0 fully saturated rings. The summed E-state index contributed by atoms with van der Waals surface area (Å²) in [5.41, 5.74) is 1.44. The summed E-state index contributed by atoms with van der Waals surface area (Å²) in [6.45, 7) is 4.23. The molecule has 0 saturated heterocycles. The van der Waals surface area contributed by atoms with E-state index in [-0.39, 0.29) is 23.6 Å². The molecule has 6 heteroatoms. The Balaban J connectivity index is 1.94. The first-order valence-electron chi connectivity index (χ1n) is 9.42. The van der Waals surface area contributed by atoms with Crippen molar-refractivity contribution in [3.05, 3.63) is 63.6 Å². The van der Waals surface area contributed by atoms with Crippen LogP contribution in [-0.2, 0) is 17.7 Å². The van der Waals surface area contributed by atoms with Gasteiger partial charge in [-0.3, -0.25) is 9.59 Å². The maximum Gasteiger partial charge on any atom is 0.359 e. The summed E-state index contributed by atoms with van der Waals surface area (Å²) >= 11 is 0. The molecule has 144 valence electrons. The van der Waals surface area contributed by atoms with Gasteiger partial charge in [0.05, 0.1) is 0 Å². The van der Waals surface area contributed by atoms with Gasteiger partial charge in [-0.15, -0.1) is 0 Å². The van der Waals surface area contributed by atoms with E-state index in [4.69, 9.17) is 4.74 Å². The van der Waals surface area contributed by atoms with Crippen LogP contribution in [0.5, 0.6) is 0 Å². The molecule has 0 aliphatic rings. The monoisotopic (exact) mass is 370 g/mol. The molecule has 0 aliphatic carbocycles. The summed E-state index contributed by atoms with van der Waals surface area (Å²) in [5, 5.41) is 4.02. The van der Waals surface area contributed by atoms with E-state index in [9.17, 15) is 14.4 Å². The van der Waals surface area contributed by atoms with Gasteiger partial charge in [-0.25, -0.2) is 9.48 Å². The lowest BCUT2D eigenvalue weighted by atomic mass is 10.0. The van der Waals surface area contributed by atoms with Crippen LogP contribution in [-0.4, -0.2) is 28.1 Å². The van der Waals surface area contributed by atoms with Gasteiger partial charge in [-0.1, -0.05) is 51.0 Å². The first-order chi connectivity index (χ1) is 13.0. The number of hydrogen-bond acceptors (Lipinski definition) is 5. The van der Waals surface area contributed by atoms with Crippen molar-refractivity contribution in [1.29, 1.82) is 0 Å². The van der Waals surface area contributed by atoms with Crippen LogP contribution < -0.4 is 5.56 Å². The Morgan fingerprint density at radius 1 is 1.00 bits per heavy atom. The van der Waals surface area contributed by atoms with Gasteiger partial charge in [-0.2, -0.15) is 5.10 Å². The smallest absolute Gasteiger partial charge is 0.359 e. The minimum atomic E-state index is -0.715. The highest BCUT2D eigenvalue weighted by atomic mass is 16.5. The van der Waals surface area contributed by atoms with E-state index >= 15 is 0 Å². The van der Waals surface area contributed by atoms with Crippen molar-refractivity contribution in [3.63, 3.8) is 0 Å². The summed E-state index contributed by atoms with van der Waals surface area (Å²) in [6.07, 6.45) is 4.92. The average molecular weight is 370 g/mol. The molecule has 1 aromatic carbocycles. The second-order valence-corrected chi connectivity index (χ2v) is 6.43. The molecule has 1 aromatic heterocycles. The highest BCUT2D eigenvalue weighted by Crippen LogP contribution is 2.09. The fraction of sp³-hybridized carbons (Fsp3) is 0.429. The topological polar surface area (TPSA) is 78.3 Å². The Labute approximate surface area is 159 Å². The molecule has 2 aromatic rings. The average Bonchev–Trinajstić information content (AvgIpc) is 2.70. The van der Waals surface area contributed by atoms with Gasteiger partial charge >= 0.3 is 5.97 Å². The van der Waals surface area contributed by atoms with Crippen LogP contribution >= 0.6 is 0 Å². The highest BCUT2D eigenvalue weighted by Gasteiger charge is 2.14. The van der Waals surface area contributed by atoms with Gasteiger partial charge in [0.1, 0.15) is 0 Å². The molecule has 0 amide bonds. The van der Waals surface area contributed by atoms with Crippen LogP contribution in [0.15, 0.2) is 41.2 Å². The molecule has 0 saturated carbocycles. The molecule has 27 heavy (non-hydrogen) atoms. The predicted octanol–water partition coefficient (Wildman–Crippen LogP) is 3.43. The van der Waals surface area contributed by atoms with Gasteiger partial charge in [0.25, 0.3) is 5.56 Å². The second kappa shape index (κ2) is 10.4. The molecule has 0 atom stereocenters. The molecule has 0 aliphatic heterocycles. The molecule has 1 heterocycles. The number of aromatic nitrogens is 2. The number of nitrogens with zero attached hydrogens (tertiary/aromatic N) is 2. The van der Waals surface area contributed by atoms with E-state index in [0.717, 1.165) is 32.1 Å². The molecule has 2 rings (SSSR count). The van der Waals surface area contributed by atoms with Crippen molar-refractivity contribution in [2.45, 2.75) is 52.5 Å². The third-order valence-corrected chi connectivity index (χ3v) is 4.23. The number of carbonyl (C=O) groups excluding carboxylic acids is 2. The van der Waals surface area contributed by atoms with E-state index in [1.54, 1.807) is 12.1 Å². The van der Waals surface area contributed by atoms with Gasteiger partial charge in [0.2, 0.25) is 0 Å². The Morgan fingerprint density at radius 2 is 1.70 bits per heavy atom. The molecule has 6 nitrogen and oxygen atoms in total. The lowest BCUT2D eigenvalue weighted by Crippen LogP contribution is -2.25. The van der Waals surface area contributed by atoms with Crippen molar-refractivity contribution in [2.75, 3.05) is 6.61 Å². The number of unbranched alkanes of at least 4 members (excludes halogenated alkanes) is 2. The first kappa shape index (κ1) is 20.6. The standard InChI is InChI=1S/C21H26N2O4/c1-3-5-7-16-8-10-17(11-9-16)19(24)15-27-21(26)18-12-13-20(25)23(22-18)14-6-4-2/h8-13H,3-7,14-15H2,1-2H3. The van der Waals surface area contributed by atoms with Crippen LogP contribution in [0.1, 0.15) is 65.9 Å². The van der Waals surface area contributed by atoms with Crippen LogP contribution in [0.2, 0.25) is 0 Å². The zero-order valence-corrected chi connectivity index (χ0v) is 15.9. The Morgan fingerprint density at radius 3 is 2.37 bits per heavy atom. The quantitative estimate of drug-likeness (QED) is 0.473. The number of Topliss-reactive ketones (excluding diaryl/α,β-unsaturated/α-hetero) is 1. The molecule has 0 N–H and O–H groups in total. The third-order valence-electron chi connectivity index (χ3n) is 4.23. The number of rotatable bonds is 10. The number of esters is 1. The van der Waals surface area contributed by atoms with Crippen molar-refractivity contribution >= 4 is 11.8 Å². The summed E-state index contributed by atoms with van der Waals surface area (Å²) in [6, 6.07) is 9.97. The summed E-state index contributed by atoms with van der Waals surface area (Å²) < 4.78 is 6.32. The van der Waals surface area contributed by atoms with Crippen LogP contribution in [0.25, 0.3) is 0 Å². The Kier molecular flexibility index (Phi) is 7.92. The first-order valence-corrected chi connectivity index (χ1v) is 9.42. The van der Waals surface area contributed by atoms with Crippen molar-refractivity contribution in [2.24, 2.45) is 0 Å². The molecule has 0 bridgehead atoms. The maximum atomic E-state index is 12.2.